The van der Waals surface area contributed by atoms with Crippen LogP contribution in [0.1, 0.15) is 23.2 Å². The molecule has 0 unspecified atom stereocenters. The highest BCUT2D eigenvalue weighted by molar-refractivity contribution is 14.1. The molecule has 0 heterocycles. The highest BCUT2D eigenvalue weighted by Crippen LogP contribution is 2.08. The number of methoxy groups -OCH3 is 1. The Morgan fingerprint density at radius 1 is 1.19 bits per heavy atom. The van der Waals surface area contributed by atoms with Crippen molar-refractivity contribution in [3.63, 3.8) is 0 Å². The lowest BCUT2D eigenvalue weighted by Crippen LogP contribution is -2.06. The van der Waals surface area contributed by atoms with Gasteiger partial charge >= 0.3 is 5.97 Å². The summed E-state index contributed by atoms with van der Waals surface area (Å²) in [6, 6.07) is 7.34. The molecule has 1 rings (SSSR count). The minimum atomic E-state index is -0.256. The number of hydrogen-bond donors (Lipinski definition) is 0. The van der Waals surface area contributed by atoms with Gasteiger partial charge in [-0.25, -0.2) is 4.79 Å². The normalized spacial score (nSPS) is 10.1. The number of ether oxygens (including phenoxy) is 2. The first-order valence-electron chi connectivity index (χ1n) is 5.15. The van der Waals surface area contributed by atoms with E-state index in [1.54, 1.807) is 19.2 Å². The van der Waals surface area contributed by atoms with Crippen molar-refractivity contribution in [1.29, 1.82) is 0 Å². The van der Waals surface area contributed by atoms with Crippen LogP contribution in [-0.4, -0.2) is 26.3 Å². The Morgan fingerprint density at radius 3 is 2.44 bits per heavy atom. The molecule has 0 saturated carbocycles. The zero-order chi connectivity index (χ0) is 11.8. The number of unbranched alkanes of at least 4 members (excludes halogenated alkanes) is 1. The number of halogens is 1. The van der Waals surface area contributed by atoms with E-state index in [0.717, 1.165) is 16.4 Å². The van der Waals surface area contributed by atoms with Crippen molar-refractivity contribution < 1.29 is 14.3 Å². The lowest BCUT2D eigenvalue weighted by atomic mass is 10.2. The van der Waals surface area contributed by atoms with Gasteiger partial charge in [0, 0.05) is 17.3 Å². The summed E-state index contributed by atoms with van der Waals surface area (Å²) >= 11 is 2.20. The molecule has 1 aromatic carbocycles. The van der Waals surface area contributed by atoms with Crippen LogP contribution in [0.15, 0.2) is 24.3 Å². The van der Waals surface area contributed by atoms with Crippen molar-refractivity contribution in [3.05, 3.63) is 33.4 Å². The molecule has 16 heavy (non-hydrogen) atoms. The molecule has 0 N–H and O–H groups in total. The quantitative estimate of drug-likeness (QED) is 0.456. The third-order valence-electron chi connectivity index (χ3n) is 2.06. The third kappa shape index (κ3) is 4.94. The second-order valence-electron chi connectivity index (χ2n) is 3.34. The van der Waals surface area contributed by atoms with Crippen LogP contribution in [0.5, 0.6) is 0 Å². The standard InChI is InChI=1S/C12H15IO3/c1-15-8-2-3-9-16-12(14)10-4-6-11(13)7-5-10/h4-7H,2-3,8-9H2,1H3. The van der Waals surface area contributed by atoms with E-state index in [9.17, 15) is 4.79 Å². The van der Waals surface area contributed by atoms with Crippen molar-refractivity contribution >= 4 is 28.6 Å². The maximum absolute atomic E-state index is 11.5. The Bertz CT molecular complexity index is 322. The van der Waals surface area contributed by atoms with Gasteiger partial charge in [-0.05, 0) is 59.7 Å². The van der Waals surface area contributed by atoms with Gasteiger partial charge < -0.3 is 9.47 Å². The number of carbonyl (C=O) groups is 1. The van der Waals surface area contributed by atoms with Gasteiger partial charge in [0.15, 0.2) is 0 Å². The predicted octanol–water partition coefficient (Wildman–Crippen LogP) is 2.87. The number of rotatable bonds is 6. The summed E-state index contributed by atoms with van der Waals surface area (Å²) in [6.07, 6.45) is 1.75. The lowest BCUT2D eigenvalue weighted by Gasteiger charge is -2.04. The summed E-state index contributed by atoms with van der Waals surface area (Å²) < 4.78 is 11.1. The first-order chi connectivity index (χ1) is 7.74. The highest BCUT2D eigenvalue weighted by Gasteiger charge is 2.05. The monoisotopic (exact) mass is 334 g/mol. The van der Waals surface area contributed by atoms with Crippen molar-refractivity contribution in [2.75, 3.05) is 20.3 Å². The summed E-state index contributed by atoms with van der Waals surface area (Å²) in [5.74, 6) is -0.256. The summed E-state index contributed by atoms with van der Waals surface area (Å²) in [5, 5.41) is 0. The lowest BCUT2D eigenvalue weighted by molar-refractivity contribution is 0.0489. The fraction of sp³-hybridized carbons (Fsp3) is 0.417. The molecule has 88 valence electrons. The fourth-order valence-corrected chi connectivity index (χ4v) is 1.54. The van der Waals surface area contributed by atoms with E-state index >= 15 is 0 Å². The molecular weight excluding hydrogens is 319 g/mol. The topological polar surface area (TPSA) is 35.5 Å². The molecule has 0 bridgehead atoms. The summed E-state index contributed by atoms with van der Waals surface area (Å²) in [5.41, 5.74) is 0.604. The van der Waals surface area contributed by atoms with Crippen molar-refractivity contribution in [3.8, 4) is 0 Å². The number of hydrogen-bond acceptors (Lipinski definition) is 3. The third-order valence-corrected chi connectivity index (χ3v) is 2.78. The van der Waals surface area contributed by atoms with Crippen LogP contribution >= 0.6 is 22.6 Å². The Kier molecular flexibility index (Phi) is 6.40. The van der Waals surface area contributed by atoms with E-state index in [1.165, 1.54) is 0 Å². The Morgan fingerprint density at radius 2 is 1.81 bits per heavy atom. The van der Waals surface area contributed by atoms with Crippen molar-refractivity contribution in [2.45, 2.75) is 12.8 Å². The molecule has 0 atom stereocenters. The molecule has 0 aromatic heterocycles. The van der Waals surface area contributed by atoms with Gasteiger partial charge in [0.05, 0.1) is 12.2 Å². The molecular formula is C12H15IO3. The zero-order valence-electron chi connectivity index (χ0n) is 9.24. The van der Waals surface area contributed by atoms with Crippen LogP contribution in [0.25, 0.3) is 0 Å². The minimum Gasteiger partial charge on any atom is -0.462 e. The van der Waals surface area contributed by atoms with Crippen molar-refractivity contribution in [1.82, 2.24) is 0 Å². The summed E-state index contributed by atoms with van der Waals surface area (Å²) in [4.78, 5) is 11.5. The number of carbonyl (C=O) groups excluding carboxylic acids is 1. The molecule has 0 spiro atoms. The average Bonchev–Trinajstić information content (AvgIpc) is 2.29. The van der Waals surface area contributed by atoms with Crippen molar-refractivity contribution in [2.24, 2.45) is 0 Å². The van der Waals surface area contributed by atoms with Gasteiger partial charge in [-0.1, -0.05) is 0 Å². The Balaban J connectivity index is 2.27. The van der Waals surface area contributed by atoms with Crippen LogP contribution in [0.4, 0.5) is 0 Å². The highest BCUT2D eigenvalue weighted by atomic mass is 127. The van der Waals surface area contributed by atoms with Crippen LogP contribution in [-0.2, 0) is 9.47 Å². The molecule has 0 aliphatic heterocycles. The van der Waals surface area contributed by atoms with Gasteiger partial charge in [0.2, 0.25) is 0 Å². The van der Waals surface area contributed by atoms with Gasteiger partial charge in [-0.15, -0.1) is 0 Å². The second-order valence-corrected chi connectivity index (χ2v) is 4.59. The summed E-state index contributed by atoms with van der Waals surface area (Å²) in [6.45, 7) is 1.16. The molecule has 4 heteroatoms. The maximum atomic E-state index is 11.5. The molecule has 0 amide bonds. The van der Waals surface area contributed by atoms with Crippen LogP contribution in [0, 0.1) is 3.57 Å². The molecule has 0 radical (unpaired) electrons. The molecule has 3 nitrogen and oxygen atoms in total. The fourth-order valence-electron chi connectivity index (χ4n) is 1.18. The van der Waals surface area contributed by atoms with E-state index in [0.29, 0.717) is 18.8 Å². The molecule has 0 fully saturated rings. The van der Waals surface area contributed by atoms with Gasteiger partial charge in [-0.3, -0.25) is 0 Å². The maximum Gasteiger partial charge on any atom is 0.338 e. The van der Waals surface area contributed by atoms with Crippen LogP contribution in [0.2, 0.25) is 0 Å². The molecule has 1 aromatic rings. The first-order valence-corrected chi connectivity index (χ1v) is 6.23. The van der Waals surface area contributed by atoms with Crippen LogP contribution in [0.3, 0.4) is 0 Å². The largest absolute Gasteiger partial charge is 0.462 e. The SMILES string of the molecule is COCCCCOC(=O)c1ccc(I)cc1. The Labute approximate surface area is 109 Å². The zero-order valence-corrected chi connectivity index (χ0v) is 11.4. The average molecular weight is 334 g/mol. The molecule has 0 aliphatic carbocycles. The van der Waals surface area contributed by atoms with E-state index in [4.69, 9.17) is 9.47 Å². The first kappa shape index (κ1) is 13.4. The van der Waals surface area contributed by atoms with Gasteiger partial charge in [0.25, 0.3) is 0 Å². The van der Waals surface area contributed by atoms with Gasteiger partial charge in [-0.2, -0.15) is 0 Å². The van der Waals surface area contributed by atoms with E-state index in [-0.39, 0.29) is 5.97 Å². The Hall–Kier alpha value is -0.620. The number of esters is 1. The van der Waals surface area contributed by atoms with E-state index in [1.807, 2.05) is 12.1 Å². The van der Waals surface area contributed by atoms with E-state index in [2.05, 4.69) is 22.6 Å². The van der Waals surface area contributed by atoms with Crippen LogP contribution < -0.4 is 0 Å². The predicted molar refractivity (Wildman–Crippen MR) is 70.6 cm³/mol. The smallest absolute Gasteiger partial charge is 0.338 e. The summed E-state index contributed by atoms with van der Waals surface area (Å²) in [7, 11) is 1.66. The van der Waals surface area contributed by atoms with Gasteiger partial charge in [0.1, 0.15) is 0 Å². The molecule has 0 aliphatic rings. The molecule has 0 saturated heterocycles. The second kappa shape index (κ2) is 7.62. The van der Waals surface area contributed by atoms with E-state index < -0.39 is 0 Å². The minimum absolute atomic E-state index is 0.256. The number of benzene rings is 1.